The fourth-order valence-corrected chi connectivity index (χ4v) is 6.57. The van der Waals surface area contributed by atoms with E-state index in [0.29, 0.717) is 18.1 Å². The predicted octanol–water partition coefficient (Wildman–Crippen LogP) is 3.28. The summed E-state index contributed by atoms with van der Waals surface area (Å²) >= 11 is 6.34. The van der Waals surface area contributed by atoms with Crippen LogP contribution in [0.3, 0.4) is 0 Å². The van der Waals surface area contributed by atoms with Gasteiger partial charge in [0.15, 0.2) is 0 Å². The van der Waals surface area contributed by atoms with Gasteiger partial charge >= 0.3 is 0 Å². The van der Waals surface area contributed by atoms with Crippen LogP contribution in [0.15, 0.2) is 36.7 Å². The number of nitrogens with zero attached hydrogens (tertiary/aromatic N) is 2. The van der Waals surface area contributed by atoms with E-state index in [1.165, 1.54) is 0 Å². The topological polar surface area (TPSA) is 112 Å². The zero-order valence-corrected chi connectivity index (χ0v) is 19.2. The van der Waals surface area contributed by atoms with Crippen LogP contribution >= 0.6 is 11.6 Å². The molecule has 1 aliphatic carbocycles. The zero-order chi connectivity index (χ0) is 22.1. The van der Waals surface area contributed by atoms with Crippen molar-refractivity contribution in [3.05, 3.63) is 41.8 Å². The van der Waals surface area contributed by atoms with Crippen molar-refractivity contribution in [3.63, 3.8) is 0 Å². The minimum absolute atomic E-state index is 0.000233. The van der Waals surface area contributed by atoms with Crippen LogP contribution in [-0.4, -0.2) is 53.8 Å². The Hall–Kier alpha value is -2.20. The van der Waals surface area contributed by atoms with Crippen molar-refractivity contribution in [3.8, 4) is 11.1 Å². The second-order valence-corrected chi connectivity index (χ2v) is 11.0. The molecule has 8 nitrogen and oxygen atoms in total. The molecule has 1 saturated carbocycles. The Bertz CT molecular complexity index is 1200. The molecule has 5 rings (SSSR count). The molecule has 1 unspecified atom stereocenters. The molecule has 2 aliphatic rings. The standard InChI is InChI=1S/C22H27ClN6O2S/c23-20-10-14(19-13-26-22-18(19)2-1-8-25-22)11-21(28-20)27-15-3-5-16(6-4-15)29-32(30,31)17-7-9-24-12-17/h1-2,8,10-11,13,15-17,24,29H,3-7,9,12H2,(H,25,26)(H,27,28)/t15-,16-,17?. The number of rotatable bonds is 6. The smallest absolute Gasteiger partial charge is 0.216 e. The quantitative estimate of drug-likeness (QED) is 0.408. The van der Waals surface area contributed by atoms with Gasteiger partial charge in [-0.1, -0.05) is 11.6 Å². The largest absolute Gasteiger partial charge is 0.367 e. The van der Waals surface area contributed by atoms with Crippen LogP contribution in [0, 0.1) is 0 Å². The maximum atomic E-state index is 12.6. The highest BCUT2D eigenvalue weighted by Crippen LogP contribution is 2.31. The summed E-state index contributed by atoms with van der Waals surface area (Å²) in [5.74, 6) is 0.729. The van der Waals surface area contributed by atoms with Crippen LogP contribution in [0.2, 0.25) is 5.15 Å². The summed E-state index contributed by atoms with van der Waals surface area (Å²) in [5, 5.41) is 7.77. The fraction of sp³-hybridized carbons (Fsp3) is 0.455. The van der Waals surface area contributed by atoms with Gasteiger partial charge in [0.2, 0.25) is 10.0 Å². The number of sulfonamides is 1. The van der Waals surface area contributed by atoms with Gasteiger partial charge in [-0.3, -0.25) is 0 Å². The lowest BCUT2D eigenvalue weighted by Gasteiger charge is -2.30. The summed E-state index contributed by atoms with van der Waals surface area (Å²) in [6.07, 6.45) is 7.73. The molecule has 0 aromatic carbocycles. The number of aromatic amines is 1. The van der Waals surface area contributed by atoms with Gasteiger partial charge in [0.05, 0.1) is 5.25 Å². The third-order valence-electron chi connectivity index (χ3n) is 6.42. The number of nitrogens with one attached hydrogen (secondary N) is 4. The lowest BCUT2D eigenvalue weighted by molar-refractivity contribution is 0.385. The Morgan fingerprint density at radius 2 is 1.91 bits per heavy atom. The maximum Gasteiger partial charge on any atom is 0.216 e. The third-order valence-corrected chi connectivity index (χ3v) is 8.56. The van der Waals surface area contributed by atoms with Crippen molar-refractivity contribution in [2.45, 2.75) is 49.4 Å². The summed E-state index contributed by atoms with van der Waals surface area (Å²) in [4.78, 5) is 12.0. The van der Waals surface area contributed by atoms with Crippen LogP contribution in [0.4, 0.5) is 5.82 Å². The molecule has 32 heavy (non-hydrogen) atoms. The highest BCUT2D eigenvalue weighted by molar-refractivity contribution is 7.90. The first-order valence-electron chi connectivity index (χ1n) is 11.1. The fourth-order valence-electron chi connectivity index (χ4n) is 4.71. The van der Waals surface area contributed by atoms with E-state index in [1.54, 1.807) is 6.20 Å². The van der Waals surface area contributed by atoms with Gasteiger partial charge in [0.25, 0.3) is 0 Å². The van der Waals surface area contributed by atoms with Gasteiger partial charge in [-0.25, -0.2) is 23.1 Å². The minimum Gasteiger partial charge on any atom is -0.367 e. The Labute approximate surface area is 192 Å². The Morgan fingerprint density at radius 1 is 1.09 bits per heavy atom. The number of anilines is 1. The van der Waals surface area contributed by atoms with Gasteiger partial charge < -0.3 is 15.6 Å². The Morgan fingerprint density at radius 3 is 2.69 bits per heavy atom. The summed E-state index contributed by atoms with van der Waals surface area (Å²) in [5.41, 5.74) is 2.83. The Kier molecular flexibility index (Phi) is 6.07. The SMILES string of the molecule is O=S(=O)(N[C@H]1CC[C@H](Nc2cc(-c3c[nH]c4ncccc34)cc(Cl)n2)CC1)C1CCNC1. The molecule has 0 bridgehead atoms. The highest BCUT2D eigenvalue weighted by atomic mass is 35.5. The van der Waals surface area contributed by atoms with Crippen molar-refractivity contribution < 1.29 is 8.42 Å². The van der Waals surface area contributed by atoms with E-state index in [-0.39, 0.29) is 17.3 Å². The molecule has 4 heterocycles. The number of hydrogen-bond donors (Lipinski definition) is 4. The molecule has 3 aromatic rings. The van der Waals surface area contributed by atoms with Crippen molar-refractivity contribution >= 4 is 38.5 Å². The number of fused-ring (bicyclic) bond motifs is 1. The van der Waals surface area contributed by atoms with E-state index in [2.05, 4.69) is 30.3 Å². The van der Waals surface area contributed by atoms with Crippen LogP contribution in [-0.2, 0) is 10.0 Å². The molecule has 0 spiro atoms. The monoisotopic (exact) mass is 474 g/mol. The third kappa shape index (κ3) is 4.61. The molecule has 0 radical (unpaired) electrons. The normalized spacial score (nSPS) is 24.1. The first kappa shape index (κ1) is 21.6. The molecule has 4 N–H and O–H groups in total. The molecule has 3 aromatic heterocycles. The second-order valence-electron chi connectivity index (χ2n) is 8.64. The molecule has 0 amide bonds. The van der Waals surface area contributed by atoms with E-state index in [0.717, 1.165) is 60.2 Å². The lowest BCUT2D eigenvalue weighted by atomic mass is 9.92. The van der Waals surface area contributed by atoms with Gasteiger partial charge in [-0.05, 0) is 68.5 Å². The van der Waals surface area contributed by atoms with E-state index in [4.69, 9.17) is 11.6 Å². The van der Waals surface area contributed by atoms with Crippen molar-refractivity contribution in [2.24, 2.45) is 0 Å². The first-order valence-corrected chi connectivity index (χ1v) is 13.0. The summed E-state index contributed by atoms with van der Waals surface area (Å²) in [6.45, 7) is 1.31. The molecule has 1 atom stereocenters. The number of H-pyrrole nitrogens is 1. The summed E-state index contributed by atoms with van der Waals surface area (Å²) in [6, 6.07) is 8.03. The number of pyridine rings is 2. The molecular weight excluding hydrogens is 448 g/mol. The summed E-state index contributed by atoms with van der Waals surface area (Å²) < 4.78 is 28.0. The summed E-state index contributed by atoms with van der Waals surface area (Å²) in [7, 11) is -3.26. The van der Waals surface area contributed by atoms with E-state index < -0.39 is 10.0 Å². The first-order chi connectivity index (χ1) is 15.5. The highest BCUT2D eigenvalue weighted by Gasteiger charge is 2.32. The van der Waals surface area contributed by atoms with Gasteiger partial charge in [-0.2, -0.15) is 0 Å². The van der Waals surface area contributed by atoms with Crippen molar-refractivity contribution in [1.29, 1.82) is 0 Å². The Balaban J connectivity index is 1.24. The predicted molar refractivity (Wildman–Crippen MR) is 127 cm³/mol. The van der Waals surface area contributed by atoms with Crippen molar-refractivity contribution in [1.82, 2.24) is 25.0 Å². The van der Waals surface area contributed by atoms with E-state index >= 15 is 0 Å². The maximum absolute atomic E-state index is 12.6. The molecule has 10 heteroatoms. The van der Waals surface area contributed by atoms with Gasteiger partial charge in [-0.15, -0.1) is 0 Å². The average molecular weight is 475 g/mol. The number of halogens is 1. The average Bonchev–Trinajstić information content (AvgIpc) is 3.45. The van der Waals surface area contributed by atoms with Gasteiger partial charge in [0, 0.05) is 42.0 Å². The zero-order valence-electron chi connectivity index (χ0n) is 17.6. The molecule has 1 aliphatic heterocycles. The lowest BCUT2D eigenvalue weighted by Crippen LogP contribution is -2.44. The molecule has 2 fully saturated rings. The van der Waals surface area contributed by atoms with E-state index in [1.807, 2.05) is 30.5 Å². The second kappa shape index (κ2) is 8.97. The number of hydrogen-bond acceptors (Lipinski definition) is 6. The van der Waals surface area contributed by atoms with Crippen LogP contribution in [0.25, 0.3) is 22.2 Å². The van der Waals surface area contributed by atoms with Gasteiger partial charge in [0.1, 0.15) is 16.6 Å². The van der Waals surface area contributed by atoms with Crippen LogP contribution < -0.4 is 15.4 Å². The van der Waals surface area contributed by atoms with Crippen LogP contribution in [0.5, 0.6) is 0 Å². The molecular formula is C22H27ClN6O2S. The van der Waals surface area contributed by atoms with Crippen molar-refractivity contribution in [2.75, 3.05) is 18.4 Å². The minimum atomic E-state index is -3.26. The molecule has 1 saturated heterocycles. The van der Waals surface area contributed by atoms with Crippen LogP contribution in [0.1, 0.15) is 32.1 Å². The number of aromatic nitrogens is 3. The molecule has 170 valence electrons. The van der Waals surface area contributed by atoms with E-state index in [9.17, 15) is 8.42 Å².